The van der Waals surface area contributed by atoms with Gasteiger partial charge in [0.2, 0.25) is 0 Å². The van der Waals surface area contributed by atoms with Crippen LogP contribution in [0.15, 0.2) is 17.7 Å². The molecular weight excluding hydrogens is 352 g/mol. The highest BCUT2D eigenvalue weighted by atomic mass is 127. The second kappa shape index (κ2) is 7.18. The Morgan fingerprint density at radius 3 is 2.82 bits per heavy atom. The fraction of sp³-hybridized carbons (Fsp3) is 0.417. The molecule has 0 aromatic carbocycles. The first-order chi connectivity index (χ1) is 8.04. The summed E-state index contributed by atoms with van der Waals surface area (Å²) in [4.78, 5) is 4.18. The number of hydrogen-bond donors (Lipinski definition) is 1. The van der Waals surface area contributed by atoms with Gasteiger partial charge in [-0.1, -0.05) is 17.2 Å². The van der Waals surface area contributed by atoms with Crippen molar-refractivity contribution in [1.29, 1.82) is 0 Å². The number of pyridine rings is 1. The number of aromatic nitrogens is 1. The average Bonchev–Trinajstić information content (AvgIpc) is 2.22. The number of halogens is 2. The predicted octanol–water partition coefficient (Wildman–Crippen LogP) is 3.22. The van der Waals surface area contributed by atoms with E-state index in [1.807, 2.05) is 26.0 Å². The molecule has 94 valence electrons. The molecule has 0 fully saturated rings. The molecule has 0 aliphatic rings. The molecule has 0 spiro atoms. The van der Waals surface area contributed by atoms with Crippen LogP contribution < -0.4 is 4.74 Å². The van der Waals surface area contributed by atoms with Crippen LogP contribution in [0.25, 0.3) is 0 Å². The second-order valence-corrected chi connectivity index (χ2v) is 5.30. The summed E-state index contributed by atoms with van der Waals surface area (Å²) in [7, 11) is 0. The Balaban J connectivity index is 2.82. The van der Waals surface area contributed by atoms with E-state index in [1.165, 1.54) is 5.57 Å². The van der Waals surface area contributed by atoms with Crippen molar-refractivity contribution < 1.29 is 9.84 Å². The van der Waals surface area contributed by atoms with Crippen LogP contribution >= 0.6 is 34.2 Å². The zero-order valence-corrected chi connectivity index (χ0v) is 12.7. The third-order valence-corrected chi connectivity index (χ3v) is 3.08. The van der Waals surface area contributed by atoms with Crippen LogP contribution in [0.5, 0.6) is 5.75 Å². The van der Waals surface area contributed by atoms with Gasteiger partial charge in [0.05, 0.1) is 3.57 Å². The molecule has 0 radical (unpaired) electrons. The zero-order chi connectivity index (χ0) is 12.8. The van der Waals surface area contributed by atoms with Crippen molar-refractivity contribution in [2.75, 3.05) is 13.2 Å². The lowest BCUT2D eigenvalue weighted by Gasteiger charge is -2.09. The molecule has 1 aromatic rings. The summed E-state index contributed by atoms with van der Waals surface area (Å²) in [5.74, 6) is 0.603. The molecule has 0 saturated heterocycles. The van der Waals surface area contributed by atoms with E-state index < -0.39 is 0 Å². The maximum absolute atomic E-state index is 8.85. The van der Waals surface area contributed by atoms with Crippen LogP contribution in [0.3, 0.4) is 0 Å². The molecule has 1 aromatic heterocycles. The number of rotatable bonds is 5. The van der Waals surface area contributed by atoms with Gasteiger partial charge in [0.25, 0.3) is 0 Å². The van der Waals surface area contributed by atoms with E-state index in [0.29, 0.717) is 23.9 Å². The molecule has 0 saturated carbocycles. The van der Waals surface area contributed by atoms with Gasteiger partial charge in [-0.3, -0.25) is 0 Å². The highest BCUT2D eigenvalue weighted by molar-refractivity contribution is 14.1. The summed E-state index contributed by atoms with van der Waals surface area (Å²) in [6.07, 6.45) is 2.48. The van der Waals surface area contributed by atoms with Gasteiger partial charge in [-0.2, -0.15) is 0 Å². The molecule has 3 nitrogen and oxygen atoms in total. The minimum atomic E-state index is 0.0668. The van der Waals surface area contributed by atoms with Crippen LogP contribution in [0.4, 0.5) is 0 Å². The molecule has 17 heavy (non-hydrogen) atoms. The maximum Gasteiger partial charge on any atom is 0.172 e. The summed E-state index contributed by atoms with van der Waals surface area (Å²) in [5.41, 5.74) is 1.97. The predicted molar refractivity (Wildman–Crippen MR) is 77.7 cm³/mol. The normalized spacial score (nSPS) is 10.2. The third-order valence-electron chi connectivity index (χ3n) is 2.03. The van der Waals surface area contributed by atoms with E-state index in [0.717, 1.165) is 9.26 Å². The number of ether oxygens (including phenoxy) is 1. The molecule has 5 heteroatoms. The van der Waals surface area contributed by atoms with E-state index in [-0.39, 0.29) is 6.61 Å². The highest BCUT2D eigenvalue weighted by Crippen LogP contribution is 2.29. The fourth-order valence-corrected chi connectivity index (χ4v) is 2.38. The van der Waals surface area contributed by atoms with Crippen molar-refractivity contribution in [3.8, 4) is 5.75 Å². The number of aliphatic hydroxyl groups excluding tert-OH is 1. The summed E-state index contributed by atoms with van der Waals surface area (Å²) >= 11 is 8.20. The number of hydrogen-bond acceptors (Lipinski definition) is 3. The van der Waals surface area contributed by atoms with E-state index in [2.05, 4.69) is 27.6 Å². The number of aliphatic hydroxyl groups is 1. The molecule has 0 amide bonds. The Morgan fingerprint density at radius 1 is 1.59 bits per heavy atom. The first kappa shape index (κ1) is 14.7. The lowest BCUT2D eigenvalue weighted by Crippen LogP contribution is -2.02. The van der Waals surface area contributed by atoms with Gasteiger partial charge >= 0.3 is 0 Å². The van der Waals surface area contributed by atoms with Crippen LogP contribution in [0.1, 0.15) is 19.5 Å². The van der Waals surface area contributed by atoms with Crippen LogP contribution in [-0.2, 0) is 6.42 Å². The monoisotopic (exact) mass is 367 g/mol. The molecule has 0 aliphatic carbocycles. The van der Waals surface area contributed by atoms with Gasteiger partial charge in [0, 0.05) is 18.7 Å². The van der Waals surface area contributed by atoms with Gasteiger partial charge in [-0.25, -0.2) is 4.98 Å². The van der Waals surface area contributed by atoms with Crippen molar-refractivity contribution in [2.45, 2.75) is 20.3 Å². The Kier molecular flexibility index (Phi) is 6.22. The first-order valence-corrected chi connectivity index (χ1v) is 6.72. The smallest absolute Gasteiger partial charge is 0.172 e. The lowest BCUT2D eigenvalue weighted by molar-refractivity contribution is 0.298. The first-order valence-electron chi connectivity index (χ1n) is 5.26. The van der Waals surface area contributed by atoms with E-state index in [4.69, 9.17) is 21.4 Å². The third kappa shape index (κ3) is 4.81. The molecule has 0 atom stereocenters. The van der Waals surface area contributed by atoms with Gasteiger partial charge in [0.15, 0.2) is 10.9 Å². The van der Waals surface area contributed by atoms with Crippen molar-refractivity contribution >= 4 is 34.2 Å². The Morgan fingerprint density at radius 2 is 2.29 bits per heavy atom. The van der Waals surface area contributed by atoms with Crippen LogP contribution in [0, 0.1) is 3.57 Å². The Hall–Kier alpha value is -0.330. The minimum Gasteiger partial charge on any atom is -0.485 e. The van der Waals surface area contributed by atoms with Crippen molar-refractivity contribution in [1.82, 2.24) is 4.98 Å². The summed E-state index contributed by atoms with van der Waals surface area (Å²) < 4.78 is 6.48. The van der Waals surface area contributed by atoms with Crippen LogP contribution in [-0.4, -0.2) is 23.3 Å². The molecule has 1 rings (SSSR count). The number of allylic oxidation sites excluding steroid dienone is 1. The minimum absolute atomic E-state index is 0.0668. The van der Waals surface area contributed by atoms with Gasteiger partial charge in [-0.15, -0.1) is 0 Å². The van der Waals surface area contributed by atoms with E-state index in [9.17, 15) is 0 Å². The topological polar surface area (TPSA) is 42.4 Å². The molecular formula is C12H15ClINO2. The standard InChI is InChI=1S/C12H15ClINO2/c1-8(2)4-6-17-11-10(14)7-9(3-5-16)15-12(11)13/h4,7,16H,3,5-6H2,1-2H3. The van der Waals surface area contributed by atoms with Crippen molar-refractivity contribution in [3.63, 3.8) is 0 Å². The Bertz CT molecular complexity index is 394. The van der Waals surface area contributed by atoms with Gasteiger partial charge in [0.1, 0.15) is 6.61 Å². The highest BCUT2D eigenvalue weighted by Gasteiger charge is 2.10. The zero-order valence-electron chi connectivity index (χ0n) is 9.83. The molecule has 0 aliphatic heterocycles. The summed E-state index contributed by atoms with van der Waals surface area (Å²) in [6.45, 7) is 4.58. The fourth-order valence-electron chi connectivity index (χ4n) is 1.18. The number of nitrogens with zero attached hydrogens (tertiary/aromatic N) is 1. The van der Waals surface area contributed by atoms with Crippen LogP contribution in [0.2, 0.25) is 5.15 Å². The molecule has 0 bridgehead atoms. The molecule has 1 N–H and O–H groups in total. The van der Waals surface area contributed by atoms with Crippen molar-refractivity contribution in [2.24, 2.45) is 0 Å². The van der Waals surface area contributed by atoms with E-state index in [1.54, 1.807) is 0 Å². The van der Waals surface area contributed by atoms with E-state index >= 15 is 0 Å². The summed E-state index contributed by atoms with van der Waals surface area (Å²) in [6, 6.07) is 1.88. The largest absolute Gasteiger partial charge is 0.485 e. The Labute approximate surface area is 120 Å². The quantitative estimate of drug-likeness (QED) is 0.494. The molecule has 1 heterocycles. The van der Waals surface area contributed by atoms with Gasteiger partial charge < -0.3 is 9.84 Å². The summed E-state index contributed by atoms with van der Waals surface area (Å²) in [5, 5.41) is 9.20. The second-order valence-electron chi connectivity index (χ2n) is 3.78. The lowest BCUT2D eigenvalue weighted by atomic mass is 10.3. The van der Waals surface area contributed by atoms with Crippen molar-refractivity contribution in [3.05, 3.63) is 32.1 Å². The molecule has 0 unspecified atom stereocenters. The maximum atomic E-state index is 8.85. The average molecular weight is 368 g/mol. The van der Waals surface area contributed by atoms with Gasteiger partial charge in [-0.05, 0) is 48.6 Å². The SMILES string of the molecule is CC(C)=CCOc1c(I)cc(CCO)nc1Cl.